The molecule has 0 amide bonds. The molecule has 2 N–H and O–H groups in total. The predicted molar refractivity (Wildman–Crippen MR) is 56.2 cm³/mol. The van der Waals surface area contributed by atoms with Crippen LogP contribution < -0.4 is 5.32 Å². The molecule has 1 heterocycles. The Morgan fingerprint density at radius 1 is 1.57 bits per heavy atom. The topological polar surface area (TPSA) is 49.3 Å². The third kappa shape index (κ3) is 2.98. The molecule has 3 heteroatoms. The highest BCUT2D eigenvalue weighted by Gasteiger charge is 2.33. The Kier molecular flexibility index (Phi) is 3.93. The molecular formula is C11H21NO2. The average Bonchev–Trinajstić information content (AvgIpc) is 2.07. The predicted octanol–water partition coefficient (Wildman–Crippen LogP) is 1.73. The molecule has 14 heavy (non-hydrogen) atoms. The molecule has 82 valence electrons. The van der Waals surface area contributed by atoms with Gasteiger partial charge in [-0.15, -0.1) is 0 Å². The van der Waals surface area contributed by atoms with Crippen molar-refractivity contribution in [3.8, 4) is 0 Å². The summed E-state index contributed by atoms with van der Waals surface area (Å²) in [7, 11) is 0. The van der Waals surface area contributed by atoms with E-state index in [0.717, 1.165) is 19.4 Å². The highest BCUT2D eigenvalue weighted by atomic mass is 16.4. The molecule has 3 unspecified atom stereocenters. The molecule has 0 aromatic heterocycles. The van der Waals surface area contributed by atoms with Gasteiger partial charge in [0.05, 0.1) is 5.92 Å². The smallest absolute Gasteiger partial charge is 0.308 e. The summed E-state index contributed by atoms with van der Waals surface area (Å²) in [5, 5.41) is 12.5. The Hall–Kier alpha value is -0.570. The van der Waals surface area contributed by atoms with E-state index >= 15 is 0 Å². The fraction of sp³-hybridized carbons (Fsp3) is 0.909. The lowest BCUT2D eigenvalue weighted by Gasteiger charge is -2.34. The standard InChI is InChI=1S/C11H21NO2/c1-7(2)4-10-9(11(13)14)5-8(3)6-12-10/h7-10,12H,4-6H2,1-3H3,(H,13,14). The lowest BCUT2D eigenvalue weighted by molar-refractivity contribution is -0.144. The lowest BCUT2D eigenvalue weighted by Crippen LogP contribution is -2.48. The first-order chi connectivity index (χ1) is 6.50. The van der Waals surface area contributed by atoms with E-state index in [1.54, 1.807) is 0 Å². The molecule has 3 atom stereocenters. The summed E-state index contributed by atoms with van der Waals surface area (Å²) in [5.74, 6) is 0.207. The van der Waals surface area contributed by atoms with Gasteiger partial charge in [0.25, 0.3) is 0 Å². The van der Waals surface area contributed by atoms with E-state index in [2.05, 4.69) is 26.1 Å². The number of hydrogen-bond acceptors (Lipinski definition) is 2. The average molecular weight is 199 g/mol. The van der Waals surface area contributed by atoms with Crippen LogP contribution in [0.2, 0.25) is 0 Å². The van der Waals surface area contributed by atoms with Crippen LogP contribution in [0.3, 0.4) is 0 Å². The van der Waals surface area contributed by atoms with Crippen LogP contribution >= 0.6 is 0 Å². The maximum absolute atomic E-state index is 11.1. The normalized spacial score (nSPS) is 33.3. The molecule has 0 aromatic rings. The summed E-state index contributed by atoms with van der Waals surface area (Å²) in [4.78, 5) is 11.1. The van der Waals surface area contributed by atoms with Crippen molar-refractivity contribution in [1.82, 2.24) is 5.32 Å². The third-order valence-corrected chi connectivity index (χ3v) is 2.91. The SMILES string of the molecule is CC(C)CC1NCC(C)CC1C(=O)O. The molecule has 0 radical (unpaired) electrons. The maximum atomic E-state index is 11.1. The van der Waals surface area contributed by atoms with Crippen LogP contribution in [0, 0.1) is 17.8 Å². The van der Waals surface area contributed by atoms with Crippen LogP contribution in [0.25, 0.3) is 0 Å². The van der Waals surface area contributed by atoms with E-state index in [-0.39, 0.29) is 12.0 Å². The second-order valence-corrected chi connectivity index (χ2v) is 4.93. The molecule has 1 aliphatic rings. The summed E-state index contributed by atoms with van der Waals surface area (Å²) < 4.78 is 0. The fourth-order valence-electron chi connectivity index (χ4n) is 2.20. The van der Waals surface area contributed by atoms with Gasteiger partial charge in [-0.05, 0) is 31.2 Å². The van der Waals surface area contributed by atoms with Gasteiger partial charge >= 0.3 is 5.97 Å². The zero-order valence-corrected chi connectivity index (χ0v) is 9.29. The fourth-order valence-corrected chi connectivity index (χ4v) is 2.20. The molecule has 0 saturated carbocycles. The second-order valence-electron chi connectivity index (χ2n) is 4.93. The maximum Gasteiger partial charge on any atom is 0.308 e. The lowest BCUT2D eigenvalue weighted by atomic mass is 9.82. The molecule has 0 spiro atoms. The van der Waals surface area contributed by atoms with Crippen molar-refractivity contribution in [2.24, 2.45) is 17.8 Å². The summed E-state index contributed by atoms with van der Waals surface area (Å²) in [6, 6.07) is 0.170. The minimum Gasteiger partial charge on any atom is -0.481 e. The van der Waals surface area contributed by atoms with E-state index in [0.29, 0.717) is 11.8 Å². The highest BCUT2D eigenvalue weighted by Crippen LogP contribution is 2.25. The van der Waals surface area contributed by atoms with Crippen molar-refractivity contribution in [3.63, 3.8) is 0 Å². The molecule has 0 aromatic carbocycles. The van der Waals surface area contributed by atoms with Crippen molar-refractivity contribution in [2.45, 2.75) is 39.7 Å². The molecule has 1 fully saturated rings. The largest absolute Gasteiger partial charge is 0.481 e. The van der Waals surface area contributed by atoms with Gasteiger partial charge in [0.15, 0.2) is 0 Å². The van der Waals surface area contributed by atoms with E-state index in [4.69, 9.17) is 5.11 Å². The molecular weight excluding hydrogens is 178 g/mol. The zero-order valence-electron chi connectivity index (χ0n) is 9.29. The highest BCUT2D eigenvalue weighted by molar-refractivity contribution is 5.71. The molecule has 1 saturated heterocycles. The van der Waals surface area contributed by atoms with E-state index in [9.17, 15) is 4.79 Å². The van der Waals surface area contributed by atoms with Gasteiger partial charge in [0, 0.05) is 6.04 Å². The first kappa shape index (κ1) is 11.5. The quantitative estimate of drug-likeness (QED) is 0.727. The number of carboxylic acids is 1. The minimum atomic E-state index is -0.644. The Balaban J connectivity index is 2.58. The van der Waals surface area contributed by atoms with Crippen molar-refractivity contribution >= 4 is 5.97 Å². The number of rotatable bonds is 3. The first-order valence-electron chi connectivity index (χ1n) is 5.47. The molecule has 0 aliphatic carbocycles. The van der Waals surface area contributed by atoms with Gasteiger partial charge in [-0.2, -0.15) is 0 Å². The Bertz CT molecular complexity index is 203. The number of carboxylic acid groups (broad SMARTS) is 1. The molecule has 3 nitrogen and oxygen atoms in total. The van der Waals surface area contributed by atoms with E-state index < -0.39 is 5.97 Å². The number of nitrogens with one attached hydrogen (secondary N) is 1. The number of piperidine rings is 1. The van der Waals surface area contributed by atoms with Crippen LogP contribution in [0.4, 0.5) is 0 Å². The van der Waals surface area contributed by atoms with Crippen molar-refractivity contribution < 1.29 is 9.90 Å². The first-order valence-corrected chi connectivity index (χ1v) is 5.47. The number of carbonyl (C=O) groups is 1. The zero-order chi connectivity index (χ0) is 10.7. The Morgan fingerprint density at radius 3 is 2.71 bits per heavy atom. The third-order valence-electron chi connectivity index (χ3n) is 2.91. The summed E-state index contributed by atoms with van der Waals surface area (Å²) in [5.41, 5.74) is 0. The summed E-state index contributed by atoms with van der Waals surface area (Å²) in [6.45, 7) is 7.34. The van der Waals surface area contributed by atoms with Crippen molar-refractivity contribution in [1.29, 1.82) is 0 Å². The molecule has 1 aliphatic heterocycles. The van der Waals surface area contributed by atoms with Gasteiger partial charge in [-0.25, -0.2) is 0 Å². The van der Waals surface area contributed by atoms with Gasteiger partial charge in [-0.3, -0.25) is 4.79 Å². The van der Waals surface area contributed by atoms with Crippen LogP contribution in [0.1, 0.15) is 33.6 Å². The van der Waals surface area contributed by atoms with Gasteiger partial charge in [0.1, 0.15) is 0 Å². The van der Waals surface area contributed by atoms with Gasteiger partial charge in [-0.1, -0.05) is 20.8 Å². The molecule has 0 bridgehead atoms. The molecule has 1 rings (SSSR count). The van der Waals surface area contributed by atoms with Gasteiger partial charge in [0.2, 0.25) is 0 Å². The minimum absolute atomic E-state index is 0.170. The van der Waals surface area contributed by atoms with Crippen LogP contribution in [0.15, 0.2) is 0 Å². The summed E-state index contributed by atoms with van der Waals surface area (Å²) >= 11 is 0. The monoisotopic (exact) mass is 199 g/mol. The van der Waals surface area contributed by atoms with Crippen LogP contribution in [-0.2, 0) is 4.79 Å². The van der Waals surface area contributed by atoms with Crippen molar-refractivity contribution in [3.05, 3.63) is 0 Å². The van der Waals surface area contributed by atoms with Crippen LogP contribution in [-0.4, -0.2) is 23.7 Å². The van der Waals surface area contributed by atoms with Crippen LogP contribution in [0.5, 0.6) is 0 Å². The number of aliphatic carboxylic acids is 1. The second kappa shape index (κ2) is 4.78. The Morgan fingerprint density at radius 2 is 2.21 bits per heavy atom. The van der Waals surface area contributed by atoms with E-state index in [1.807, 2.05) is 0 Å². The Labute approximate surface area is 85.9 Å². The van der Waals surface area contributed by atoms with E-state index in [1.165, 1.54) is 0 Å². The summed E-state index contributed by atoms with van der Waals surface area (Å²) in [6.07, 6.45) is 1.78. The number of hydrogen-bond donors (Lipinski definition) is 2. The van der Waals surface area contributed by atoms with Gasteiger partial charge < -0.3 is 10.4 Å². The van der Waals surface area contributed by atoms with Crippen molar-refractivity contribution in [2.75, 3.05) is 6.54 Å².